The van der Waals surface area contributed by atoms with Crippen LogP contribution in [0.5, 0.6) is 0 Å². The van der Waals surface area contributed by atoms with Gasteiger partial charge < -0.3 is 10.3 Å². The maximum absolute atomic E-state index is 12.1. The SMILES string of the molecule is CC(C)n1cc(CN2CC[C@@H](c3c(C(N)=O)sc4ccccc34)C2)c2ccccc21. The molecule has 1 fully saturated rings. The summed E-state index contributed by atoms with van der Waals surface area (Å²) < 4.78 is 3.52. The molecule has 0 unspecified atom stereocenters. The smallest absolute Gasteiger partial charge is 0.259 e. The largest absolute Gasteiger partial charge is 0.365 e. The summed E-state index contributed by atoms with van der Waals surface area (Å²) in [5.74, 6) is 0.0479. The van der Waals surface area contributed by atoms with E-state index in [-0.39, 0.29) is 5.91 Å². The summed E-state index contributed by atoms with van der Waals surface area (Å²) in [6, 6.07) is 17.4. The standard InChI is InChI=1S/C25H27N3OS/c1-16(2)28-15-18(19-7-3-5-9-21(19)28)14-27-12-11-17(13-27)23-20-8-4-6-10-22(20)30-24(23)25(26)29/h3-10,15-17H,11-14H2,1-2H3,(H2,26,29)/t17-/m1/s1. The van der Waals surface area contributed by atoms with Crippen molar-refractivity contribution >= 4 is 38.2 Å². The fourth-order valence-electron chi connectivity index (χ4n) is 4.94. The van der Waals surface area contributed by atoms with Gasteiger partial charge in [-0.05, 0) is 55.5 Å². The van der Waals surface area contributed by atoms with E-state index in [1.807, 2.05) is 6.07 Å². The molecule has 30 heavy (non-hydrogen) atoms. The van der Waals surface area contributed by atoms with E-state index in [0.29, 0.717) is 12.0 Å². The third-order valence-corrected chi connectivity index (χ3v) is 7.51. The number of primary amides is 1. The van der Waals surface area contributed by atoms with Crippen LogP contribution in [0, 0.1) is 0 Å². The van der Waals surface area contributed by atoms with Gasteiger partial charge in [0.2, 0.25) is 0 Å². The molecule has 1 aliphatic rings. The molecule has 0 spiro atoms. The fraction of sp³-hybridized carbons (Fsp3) is 0.320. The van der Waals surface area contributed by atoms with Crippen LogP contribution >= 0.6 is 11.3 Å². The first-order valence-corrected chi connectivity index (χ1v) is 11.5. The average molecular weight is 418 g/mol. The number of aromatic nitrogens is 1. The van der Waals surface area contributed by atoms with Crippen LogP contribution < -0.4 is 5.73 Å². The second kappa shape index (κ2) is 7.56. The lowest BCUT2D eigenvalue weighted by molar-refractivity contribution is 0.100. The molecule has 0 saturated carbocycles. The van der Waals surface area contributed by atoms with Crippen LogP contribution in [0.4, 0.5) is 0 Å². The van der Waals surface area contributed by atoms with Gasteiger partial charge in [-0.3, -0.25) is 9.69 Å². The number of carbonyl (C=O) groups excluding carboxylic acids is 1. The van der Waals surface area contributed by atoms with E-state index in [0.717, 1.165) is 41.2 Å². The third-order valence-electron chi connectivity index (χ3n) is 6.31. The second-order valence-electron chi connectivity index (χ2n) is 8.60. The Morgan fingerprint density at radius 2 is 1.87 bits per heavy atom. The molecule has 2 aromatic heterocycles. The number of hydrogen-bond donors (Lipinski definition) is 1. The number of hydrogen-bond acceptors (Lipinski definition) is 3. The number of carbonyl (C=O) groups is 1. The quantitative estimate of drug-likeness (QED) is 0.464. The highest BCUT2D eigenvalue weighted by Gasteiger charge is 2.30. The van der Waals surface area contributed by atoms with Crippen molar-refractivity contribution in [1.82, 2.24) is 9.47 Å². The van der Waals surface area contributed by atoms with Gasteiger partial charge in [-0.15, -0.1) is 11.3 Å². The van der Waals surface area contributed by atoms with E-state index in [2.05, 4.69) is 72.0 Å². The van der Waals surface area contributed by atoms with Crippen molar-refractivity contribution in [3.63, 3.8) is 0 Å². The summed E-state index contributed by atoms with van der Waals surface area (Å²) >= 11 is 1.54. The Morgan fingerprint density at radius 1 is 1.13 bits per heavy atom. The van der Waals surface area contributed by atoms with Crippen LogP contribution in [0.15, 0.2) is 54.7 Å². The van der Waals surface area contributed by atoms with Crippen molar-refractivity contribution in [3.05, 3.63) is 70.7 Å². The summed E-state index contributed by atoms with van der Waals surface area (Å²) in [6.45, 7) is 7.39. The lowest BCUT2D eigenvalue weighted by atomic mass is 9.95. The maximum atomic E-state index is 12.1. The van der Waals surface area contributed by atoms with Crippen molar-refractivity contribution in [3.8, 4) is 0 Å². The number of thiophene rings is 1. The molecular weight excluding hydrogens is 390 g/mol. The van der Waals surface area contributed by atoms with Crippen LogP contribution in [0.25, 0.3) is 21.0 Å². The van der Waals surface area contributed by atoms with E-state index >= 15 is 0 Å². The Bertz CT molecular complexity index is 1240. The molecule has 2 N–H and O–H groups in total. The monoisotopic (exact) mass is 417 g/mol. The Kier molecular flexibility index (Phi) is 4.88. The van der Waals surface area contributed by atoms with Gasteiger partial charge in [-0.1, -0.05) is 36.4 Å². The molecule has 4 nitrogen and oxygen atoms in total. The Hall–Kier alpha value is -2.63. The van der Waals surface area contributed by atoms with Gasteiger partial charge in [0.1, 0.15) is 0 Å². The molecular formula is C25H27N3OS. The Morgan fingerprint density at radius 3 is 2.63 bits per heavy atom. The number of fused-ring (bicyclic) bond motifs is 2. The van der Waals surface area contributed by atoms with E-state index in [9.17, 15) is 4.79 Å². The van der Waals surface area contributed by atoms with Crippen LogP contribution in [-0.2, 0) is 6.54 Å². The minimum Gasteiger partial charge on any atom is -0.365 e. The number of likely N-dealkylation sites (tertiary alicyclic amines) is 1. The predicted octanol–water partition coefficient (Wildman–Crippen LogP) is 5.53. The van der Waals surface area contributed by atoms with Crippen LogP contribution in [0.2, 0.25) is 0 Å². The van der Waals surface area contributed by atoms with E-state index in [1.54, 1.807) is 0 Å². The molecule has 1 saturated heterocycles. The van der Waals surface area contributed by atoms with E-state index in [1.165, 1.54) is 33.2 Å². The summed E-state index contributed by atoms with van der Waals surface area (Å²) in [5, 5.41) is 2.54. The van der Waals surface area contributed by atoms with Gasteiger partial charge in [0.05, 0.1) is 4.88 Å². The van der Waals surface area contributed by atoms with Crippen LogP contribution in [0.1, 0.15) is 53.0 Å². The molecule has 1 aliphatic heterocycles. The molecule has 154 valence electrons. The van der Waals surface area contributed by atoms with E-state index < -0.39 is 0 Å². The molecule has 0 aliphatic carbocycles. The Balaban J connectivity index is 1.44. The highest BCUT2D eigenvalue weighted by atomic mass is 32.1. The van der Waals surface area contributed by atoms with Gasteiger partial charge in [0, 0.05) is 46.8 Å². The Labute approximate surface area is 180 Å². The van der Waals surface area contributed by atoms with E-state index in [4.69, 9.17) is 5.73 Å². The zero-order chi connectivity index (χ0) is 20.8. The first kappa shape index (κ1) is 19.3. The summed E-state index contributed by atoms with van der Waals surface area (Å²) in [4.78, 5) is 15.4. The van der Waals surface area contributed by atoms with Gasteiger partial charge in [0.15, 0.2) is 0 Å². The number of benzene rings is 2. The topological polar surface area (TPSA) is 51.3 Å². The predicted molar refractivity (Wildman–Crippen MR) is 125 cm³/mol. The van der Waals surface area contributed by atoms with Crippen LogP contribution in [0.3, 0.4) is 0 Å². The average Bonchev–Trinajstić information content (AvgIpc) is 3.43. The molecule has 5 rings (SSSR count). The van der Waals surface area contributed by atoms with Crippen molar-refractivity contribution in [1.29, 1.82) is 0 Å². The normalized spacial score (nSPS) is 17.5. The minimum absolute atomic E-state index is 0.301. The third kappa shape index (κ3) is 3.22. The number of nitrogens with zero attached hydrogens (tertiary/aromatic N) is 2. The minimum atomic E-state index is -0.301. The molecule has 4 aromatic rings. The highest BCUT2D eigenvalue weighted by molar-refractivity contribution is 7.21. The van der Waals surface area contributed by atoms with Gasteiger partial charge in [-0.25, -0.2) is 0 Å². The number of amides is 1. The first-order valence-electron chi connectivity index (χ1n) is 10.6. The van der Waals surface area contributed by atoms with Gasteiger partial charge >= 0.3 is 0 Å². The highest BCUT2D eigenvalue weighted by Crippen LogP contribution is 2.40. The summed E-state index contributed by atoms with van der Waals surface area (Å²) in [5.41, 5.74) is 9.60. The molecule has 0 bridgehead atoms. The number of rotatable bonds is 5. The number of nitrogens with two attached hydrogens (primary N) is 1. The molecule has 0 radical (unpaired) electrons. The first-order chi connectivity index (χ1) is 14.5. The molecule has 1 amide bonds. The van der Waals surface area contributed by atoms with Crippen molar-refractivity contribution in [2.45, 2.75) is 38.8 Å². The fourth-order valence-corrected chi connectivity index (χ4v) is 6.08. The zero-order valence-corrected chi connectivity index (χ0v) is 18.3. The number of para-hydroxylation sites is 1. The maximum Gasteiger partial charge on any atom is 0.259 e. The van der Waals surface area contributed by atoms with Crippen LogP contribution in [-0.4, -0.2) is 28.5 Å². The van der Waals surface area contributed by atoms with Gasteiger partial charge in [-0.2, -0.15) is 0 Å². The molecule has 5 heteroatoms. The van der Waals surface area contributed by atoms with Crippen molar-refractivity contribution in [2.24, 2.45) is 5.73 Å². The lowest BCUT2D eigenvalue weighted by Gasteiger charge is -2.16. The van der Waals surface area contributed by atoms with Crippen molar-refractivity contribution < 1.29 is 4.79 Å². The summed E-state index contributed by atoms with van der Waals surface area (Å²) in [6.07, 6.45) is 3.38. The molecule has 2 aromatic carbocycles. The zero-order valence-electron chi connectivity index (χ0n) is 17.5. The lowest BCUT2D eigenvalue weighted by Crippen LogP contribution is -2.20. The van der Waals surface area contributed by atoms with Crippen molar-refractivity contribution in [2.75, 3.05) is 13.1 Å². The summed E-state index contributed by atoms with van der Waals surface area (Å²) in [7, 11) is 0. The van der Waals surface area contributed by atoms with Gasteiger partial charge in [0.25, 0.3) is 5.91 Å². The molecule has 3 heterocycles. The molecule has 1 atom stereocenters. The second-order valence-corrected chi connectivity index (χ2v) is 9.65.